The van der Waals surface area contributed by atoms with Crippen LogP contribution in [0.1, 0.15) is 56.1 Å². The number of hydrogen-bond acceptors (Lipinski definition) is 5. The third-order valence-electron chi connectivity index (χ3n) is 5.90. The lowest BCUT2D eigenvalue weighted by Crippen LogP contribution is -2.34. The minimum atomic E-state index is 0.563. The van der Waals surface area contributed by atoms with Crippen molar-refractivity contribution in [2.75, 3.05) is 25.2 Å². The minimum absolute atomic E-state index is 0.563. The number of nitrogens with zero attached hydrogens (tertiary/aromatic N) is 1. The lowest BCUT2D eigenvalue weighted by Gasteiger charge is -2.24. The first-order valence-electron chi connectivity index (χ1n) is 10.7. The van der Waals surface area contributed by atoms with E-state index in [1.165, 1.54) is 56.1 Å². The molecule has 6 heteroatoms. The van der Waals surface area contributed by atoms with Gasteiger partial charge in [0.15, 0.2) is 0 Å². The Bertz CT molecular complexity index is 752. The number of allylic oxidation sites excluding steroid dienone is 1. The van der Waals surface area contributed by atoms with Crippen LogP contribution in [0.2, 0.25) is 0 Å². The molecule has 2 fully saturated rings. The van der Waals surface area contributed by atoms with Crippen LogP contribution in [0.25, 0.3) is 6.08 Å². The summed E-state index contributed by atoms with van der Waals surface area (Å²) in [6, 6.07) is 1.27. The van der Waals surface area contributed by atoms with E-state index in [-0.39, 0.29) is 0 Å². The molecule has 1 saturated heterocycles. The fourth-order valence-electron chi connectivity index (χ4n) is 4.27. The Morgan fingerprint density at radius 2 is 2.07 bits per heavy atom. The first-order valence-corrected chi connectivity index (χ1v) is 12.8. The van der Waals surface area contributed by atoms with Crippen LogP contribution in [0.5, 0.6) is 0 Å². The molecular weight excluding hydrogens is 444 g/mol. The second-order valence-corrected chi connectivity index (χ2v) is 9.89. The maximum Gasteiger partial charge on any atom is 0.141 e. The Balaban J connectivity index is 0.000000204. The van der Waals surface area contributed by atoms with Gasteiger partial charge in [-0.25, -0.2) is 4.98 Å². The molecule has 0 radical (unpaired) electrons. The fraction of sp³-hybridized carbons (Fsp3) is 0.609. The number of nitrogens with one attached hydrogen (secondary N) is 3. The van der Waals surface area contributed by atoms with Crippen molar-refractivity contribution in [3.05, 3.63) is 27.4 Å². The summed E-state index contributed by atoms with van der Waals surface area (Å²) in [6.07, 6.45) is 21.7. The van der Waals surface area contributed by atoms with Gasteiger partial charge in [-0.15, -0.1) is 18.2 Å². The Morgan fingerprint density at radius 1 is 1.28 bits per heavy atom. The molecular formula is C23H33BrN4S. The molecule has 3 N–H and O–H groups in total. The molecule has 1 aromatic rings. The molecule has 2 heterocycles. The van der Waals surface area contributed by atoms with Crippen LogP contribution in [0.15, 0.2) is 16.2 Å². The van der Waals surface area contributed by atoms with Crippen LogP contribution in [0, 0.1) is 12.3 Å². The van der Waals surface area contributed by atoms with Crippen LogP contribution in [0.3, 0.4) is 0 Å². The van der Waals surface area contributed by atoms with Crippen LogP contribution in [-0.4, -0.2) is 42.3 Å². The van der Waals surface area contributed by atoms with Crippen molar-refractivity contribution >= 4 is 39.6 Å². The molecule has 1 saturated carbocycles. The molecule has 0 spiro atoms. The summed E-state index contributed by atoms with van der Waals surface area (Å²) in [6.45, 7) is 1.11. The van der Waals surface area contributed by atoms with Crippen molar-refractivity contribution in [1.29, 1.82) is 0 Å². The third kappa shape index (κ3) is 6.24. The minimum Gasteiger partial charge on any atom is -0.366 e. The summed E-state index contributed by atoms with van der Waals surface area (Å²) in [7, 11) is 2.01. The van der Waals surface area contributed by atoms with E-state index in [9.17, 15) is 0 Å². The first kappa shape index (κ1) is 22.7. The van der Waals surface area contributed by atoms with E-state index in [0.29, 0.717) is 17.5 Å². The summed E-state index contributed by atoms with van der Waals surface area (Å²) in [5.41, 5.74) is 3.45. The van der Waals surface area contributed by atoms with Crippen LogP contribution >= 0.6 is 27.7 Å². The maximum atomic E-state index is 5.48. The molecule has 1 aliphatic heterocycles. The van der Waals surface area contributed by atoms with E-state index in [0.717, 1.165) is 28.8 Å². The van der Waals surface area contributed by atoms with Gasteiger partial charge in [-0.2, -0.15) is 0 Å². The lowest BCUT2D eigenvalue weighted by molar-refractivity contribution is 0.461. The Kier molecular flexibility index (Phi) is 8.92. The molecule has 4 nitrogen and oxygen atoms in total. The van der Waals surface area contributed by atoms with E-state index in [4.69, 9.17) is 6.42 Å². The van der Waals surface area contributed by atoms with Crippen molar-refractivity contribution in [2.45, 2.75) is 68.8 Å². The fourth-order valence-corrected chi connectivity index (χ4v) is 5.56. The number of aromatic nitrogens is 1. The zero-order chi connectivity index (χ0) is 20.6. The Hall–Kier alpha value is -1.00. The van der Waals surface area contributed by atoms with Gasteiger partial charge in [0.25, 0.3) is 0 Å². The van der Waals surface area contributed by atoms with Crippen LogP contribution < -0.4 is 16.0 Å². The van der Waals surface area contributed by atoms with Gasteiger partial charge in [0.1, 0.15) is 5.82 Å². The Labute approximate surface area is 188 Å². The summed E-state index contributed by atoms with van der Waals surface area (Å²) in [5.74, 6) is 3.69. The SMILES string of the molecule is C#CC1=Cc2c(cnc(NC3CCCCC3)c2Br)C1.CNCC1CCC(SC)N1. The molecule has 0 bridgehead atoms. The average Bonchev–Trinajstić information content (AvgIpc) is 3.39. The summed E-state index contributed by atoms with van der Waals surface area (Å²) in [5, 5.41) is 11.0. The van der Waals surface area contributed by atoms with Gasteiger partial charge in [-0.3, -0.25) is 0 Å². The topological polar surface area (TPSA) is 49.0 Å². The van der Waals surface area contributed by atoms with Crippen LogP contribution in [0.4, 0.5) is 5.82 Å². The predicted octanol–water partition coefficient (Wildman–Crippen LogP) is 4.81. The van der Waals surface area contributed by atoms with Crippen molar-refractivity contribution in [3.8, 4) is 12.3 Å². The molecule has 1 aromatic heterocycles. The van der Waals surface area contributed by atoms with E-state index in [1.807, 2.05) is 25.0 Å². The maximum absolute atomic E-state index is 5.48. The molecule has 2 atom stereocenters. The highest BCUT2D eigenvalue weighted by Crippen LogP contribution is 2.35. The summed E-state index contributed by atoms with van der Waals surface area (Å²) >= 11 is 5.60. The molecule has 29 heavy (non-hydrogen) atoms. The highest BCUT2D eigenvalue weighted by Gasteiger charge is 2.21. The van der Waals surface area contributed by atoms with Crippen molar-refractivity contribution < 1.29 is 0 Å². The number of thioether (sulfide) groups is 1. The van der Waals surface area contributed by atoms with Gasteiger partial charge < -0.3 is 16.0 Å². The average molecular weight is 478 g/mol. The standard InChI is InChI=1S/C16H17BrN2.C7H16N2S/c1-2-11-8-12-10-18-16(15(17)14(12)9-11)19-13-6-4-3-5-7-13;1-8-5-6-3-4-7(9-6)10-2/h1,9-10,13H,3-8H2,(H,18,19);6-9H,3-5H2,1-2H3. The highest BCUT2D eigenvalue weighted by molar-refractivity contribution is 9.10. The zero-order valence-corrected chi connectivity index (χ0v) is 20.0. The number of likely N-dealkylation sites (N-methyl/N-ethyl adjacent to an activating group) is 1. The second kappa shape index (κ2) is 11.4. The monoisotopic (exact) mass is 476 g/mol. The van der Waals surface area contributed by atoms with Gasteiger partial charge >= 0.3 is 0 Å². The highest BCUT2D eigenvalue weighted by atomic mass is 79.9. The summed E-state index contributed by atoms with van der Waals surface area (Å²) < 4.78 is 1.06. The van der Waals surface area contributed by atoms with Gasteiger partial charge in [-0.05, 0) is 72.1 Å². The largest absolute Gasteiger partial charge is 0.366 e. The molecule has 3 aliphatic rings. The normalized spacial score (nSPS) is 23.6. The number of anilines is 1. The predicted molar refractivity (Wildman–Crippen MR) is 130 cm³/mol. The molecule has 4 rings (SSSR count). The molecule has 0 aromatic carbocycles. The van der Waals surface area contributed by atoms with Crippen LogP contribution in [-0.2, 0) is 6.42 Å². The van der Waals surface area contributed by atoms with Gasteiger partial charge in [0, 0.05) is 36.8 Å². The van der Waals surface area contributed by atoms with E-state index >= 15 is 0 Å². The third-order valence-corrected chi connectivity index (χ3v) is 7.65. The second-order valence-electron chi connectivity index (χ2n) is 8.05. The molecule has 158 valence electrons. The molecule has 2 unspecified atom stereocenters. The smallest absolute Gasteiger partial charge is 0.141 e. The number of rotatable bonds is 5. The van der Waals surface area contributed by atoms with Gasteiger partial charge in [0.05, 0.1) is 9.85 Å². The molecule has 2 aliphatic carbocycles. The number of terminal acetylenes is 1. The van der Waals surface area contributed by atoms with Crippen molar-refractivity contribution in [2.24, 2.45) is 0 Å². The lowest BCUT2D eigenvalue weighted by atomic mass is 9.95. The quantitative estimate of drug-likeness (QED) is 0.532. The molecule has 0 amide bonds. The first-order chi connectivity index (χ1) is 14.1. The van der Waals surface area contributed by atoms with E-state index in [1.54, 1.807) is 0 Å². The van der Waals surface area contributed by atoms with Gasteiger partial charge in [-0.1, -0.05) is 25.2 Å². The number of halogens is 1. The number of hydrogen-bond donors (Lipinski definition) is 3. The summed E-state index contributed by atoms with van der Waals surface area (Å²) in [4.78, 5) is 4.55. The van der Waals surface area contributed by atoms with E-state index in [2.05, 4.69) is 55.1 Å². The number of fused-ring (bicyclic) bond motifs is 1. The van der Waals surface area contributed by atoms with Crippen molar-refractivity contribution in [3.63, 3.8) is 0 Å². The van der Waals surface area contributed by atoms with Crippen molar-refractivity contribution in [1.82, 2.24) is 15.6 Å². The Morgan fingerprint density at radius 3 is 2.72 bits per heavy atom. The zero-order valence-electron chi connectivity index (χ0n) is 17.6. The number of pyridine rings is 1. The van der Waals surface area contributed by atoms with E-state index < -0.39 is 0 Å². The van der Waals surface area contributed by atoms with Gasteiger partial charge in [0.2, 0.25) is 0 Å².